The Bertz CT molecular complexity index is 1130. The molecular weight excluding hydrogens is 386 g/mol. The van der Waals surface area contributed by atoms with Crippen molar-refractivity contribution in [3.8, 4) is 5.75 Å². The molecule has 3 rings (SSSR count). The van der Waals surface area contributed by atoms with Gasteiger partial charge in [0, 0.05) is 18.2 Å². The lowest BCUT2D eigenvalue weighted by Gasteiger charge is -2.15. The Morgan fingerprint density at radius 2 is 1.77 bits per heavy atom. The summed E-state index contributed by atoms with van der Waals surface area (Å²) in [6.45, 7) is 1.57. The summed E-state index contributed by atoms with van der Waals surface area (Å²) in [6.07, 6.45) is 1.73. The van der Waals surface area contributed by atoms with Crippen molar-refractivity contribution in [2.24, 2.45) is 0 Å². The van der Waals surface area contributed by atoms with Crippen LogP contribution in [0.4, 0.5) is 5.69 Å². The lowest BCUT2D eigenvalue weighted by molar-refractivity contribution is -0.384. The number of nitrogens with one attached hydrogen (secondary N) is 2. The van der Waals surface area contributed by atoms with Gasteiger partial charge in [0.05, 0.1) is 4.92 Å². The van der Waals surface area contributed by atoms with E-state index in [-0.39, 0.29) is 5.69 Å². The first kappa shape index (κ1) is 20.5. The molecule has 152 valence electrons. The van der Waals surface area contributed by atoms with Crippen molar-refractivity contribution in [2.45, 2.75) is 13.0 Å². The highest BCUT2D eigenvalue weighted by Crippen LogP contribution is 2.21. The van der Waals surface area contributed by atoms with E-state index in [4.69, 9.17) is 4.74 Å². The maximum absolute atomic E-state index is 12.2. The molecule has 8 nitrogen and oxygen atoms in total. The Labute approximate surface area is 172 Å². The second kappa shape index (κ2) is 9.33. The van der Waals surface area contributed by atoms with Crippen LogP contribution in [-0.4, -0.2) is 22.8 Å². The van der Waals surface area contributed by atoms with Gasteiger partial charge in [0.15, 0.2) is 6.10 Å². The van der Waals surface area contributed by atoms with E-state index < -0.39 is 22.8 Å². The second-order valence-electron chi connectivity index (χ2n) is 6.43. The minimum atomic E-state index is -0.841. The largest absolute Gasteiger partial charge is 0.481 e. The first-order valence-corrected chi connectivity index (χ1v) is 9.10. The maximum Gasteiger partial charge on any atom is 0.279 e. The van der Waals surface area contributed by atoms with Crippen molar-refractivity contribution in [3.05, 3.63) is 88.5 Å². The highest BCUT2D eigenvalue weighted by Gasteiger charge is 2.15. The van der Waals surface area contributed by atoms with E-state index in [0.717, 1.165) is 16.8 Å². The predicted octanol–water partition coefficient (Wildman–Crippen LogP) is 3.38. The molecule has 0 aliphatic heterocycles. The summed E-state index contributed by atoms with van der Waals surface area (Å²) in [5.41, 5.74) is 4.94. The maximum atomic E-state index is 12.2. The average molecular weight is 405 g/mol. The highest BCUT2D eigenvalue weighted by atomic mass is 16.6. The molecule has 0 heterocycles. The van der Waals surface area contributed by atoms with Gasteiger partial charge in [0.1, 0.15) is 5.75 Å². The normalized spacial score (nSPS) is 11.8. The summed E-state index contributed by atoms with van der Waals surface area (Å²) in [5.74, 6) is -0.582. The van der Waals surface area contributed by atoms with Gasteiger partial charge in [0.25, 0.3) is 17.5 Å². The van der Waals surface area contributed by atoms with Crippen molar-refractivity contribution in [1.29, 1.82) is 0 Å². The number of amides is 2. The minimum absolute atomic E-state index is 0.0782. The molecule has 0 saturated carbocycles. The number of carbonyl (C=O) groups is 2. The quantitative estimate of drug-likeness (QED) is 0.371. The molecule has 0 aliphatic carbocycles. The Hall–Kier alpha value is -4.20. The minimum Gasteiger partial charge on any atom is -0.481 e. The Morgan fingerprint density at radius 3 is 2.53 bits per heavy atom. The van der Waals surface area contributed by atoms with Crippen molar-refractivity contribution < 1.29 is 19.2 Å². The van der Waals surface area contributed by atoms with E-state index in [1.54, 1.807) is 19.1 Å². The molecular formula is C22H19N3O5. The van der Waals surface area contributed by atoms with Gasteiger partial charge < -0.3 is 4.74 Å². The number of ether oxygens (including phenoxy) is 1. The third kappa shape index (κ3) is 5.41. The van der Waals surface area contributed by atoms with Crippen LogP contribution in [-0.2, 0) is 9.59 Å². The predicted molar refractivity (Wildman–Crippen MR) is 112 cm³/mol. The molecule has 0 fully saturated rings. The Balaban J connectivity index is 1.51. The molecule has 30 heavy (non-hydrogen) atoms. The van der Waals surface area contributed by atoms with E-state index in [9.17, 15) is 19.7 Å². The molecule has 0 bridgehead atoms. The van der Waals surface area contributed by atoms with Crippen molar-refractivity contribution in [2.75, 3.05) is 0 Å². The van der Waals surface area contributed by atoms with Gasteiger partial charge in [0.2, 0.25) is 0 Å². The standard InChI is InChI=1S/C22H19N3O5/c1-15(30-20-11-10-17-6-2-3-7-18(17)14-20)22(27)24-23-21(26)12-9-16-5-4-8-19(13-16)25(28)29/h2-15H,1H3,(H,23,26)(H,24,27)/b12-9+/t15-/m1/s1. The summed E-state index contributed by atoms with van der Waals surface area (Å²) in [5, 5.41) is 12.8. The molecule has 2 amide bonds. The smallest absolute Gasteiger partial charge is 0.279 e. The van der Waals surface area contributed by atoms with Gasteiger partial charge >= 0.3 is 0 Å². The average Bonchev–Trinajstić information content (AvgIpc) is 2.76. The molecule has 0 saturated heterocycles. The fraction of sp³-hybridized carbons (Fsp3) is 0.0909. The SMILES string of the molecule is C[C@@H](Oc1ccc2ccccc2c1)C(=O)NNC(=O)/C=C/c1cccc([N+](=O)[O-])c1. The summed E-state index contributed by atoms with van der Waals surface area (Å²) in [7, 11) is 0. The third-order valence-corrected chi connectivity index (χ3v) is 4.22. The third-order valence-electron chi connectivity index (χ3n) is 4.22. The van der Waals surface area contributed by atoms with Crippen LogP contribution in [0.25, 0.3) is 16.8 Å². The van der Waals surface area contributed by atoms with Crippen LogP contribution >= 0.6 is 0 Å². The number of non-ortho nitro benzene ring substituents is 1. The summed E-state index contributed by atoms with van der Waals surface area (Å²) < 4.78 is 5.64. The van der Waals surface area contributed by atoms with Crippen LogP contribution in [0.5, 0.6) is 5.75 Å². The lowest BCUT2D eigenvalue weighted by Crippen LogP contribution is -2.46. The second-order valence-corrected chi connectivity index (χ2v) is 6.43. The molecule has 3 aromatic rings. The molecule has 2 N–H and O–H groups in total. The summed E-state index contributed by atoms with van der Waals surface area (Å²) in [4.78, 5) is 34.3. The molecule has 0 radical (unpaired) electrons. The highest BCUT2D eigenvalue weighted by molar-refractivity contribution is 5.93. The van der Waals surface area contributed by atoms with Gasteiger partial charge in [-0.1, -0.05) is 42.5 Å². The number of nitro groups is 1. The van der Waals surface area contributed by atoms with Crippen LogP contribution in [0.2, 0.25) is 0 Å². The van der Waals surface area contributed by atoms with Gasteiger partial charge in [-0.25, -0.2) is 0 Å². The van der Waals surface area contributed by atoms with Gasteiger partial charge in [-0.15, -0.1) is 0 Å². The molecule has 3 aromatic carbocycles. The van der Waals surface area contributed by atoms with Gasteiger partial charge in [-0.05, 0) is 41.5 Å². The Kier molecular flexibility index (Phi) is 6.39. The van der Waals surface area contributed by atoms with Gasteiger partial charge in [-0.3, -0.25) is 30.6 Å². The van der Waals surface area contributed by atoms with Crippen molar-refractivity contribution in [1.82, 2.24) is 10.9 Å². The molecule has 8 heteroatoms. The first-order valence-electron chi connectivity index (χ1n) is 9.10. The topological polar surface area (TPSA) is 111 Å². The van der Waals surface area contributed by atoms with Crippen LogP contribution in [0, 0.1) is 10.1 Å². The molecule has 0 aromatic heterocycles. The Morgan fingerprint density at radius 1 is 1.00 bits per heavy atom. The number of hydrogen-bond donors (Lipinski definition) is 2. The van der Waals surface area contributed by atoms with E-state index in [1.807, 2.05) is 36.4 Å². The first-order chi connectivity index (χ1) is 14.4. The number of hydrogen-bond acceptors (Lipinski definition) is 5. The van der Waals surface area contributed by atoms with Crippen LogP contribution in [0.3, 0.4) is 0 Å². The summed E-state index contributed by atoms with van der Waals surface area (Å²) >= 11 is 0. The number of benzene rings is 3. The van der Waals surface area contributed by atoms with Crippen LogP contribution < -0.4 is 15.6 Å². The number of nitrogens with zero attached hydrogens (tertiary/aromatic N) is 1. The van der Waals surface area contributed by atoms with Crippen molar-refractivity contribution >= 4 is 34.4 Å². The van der Waals surface area contributed by atoms with Crippen molar-refractivity contribution in [3.63, 3.8) is 0 Å². The monoisotopic (exact) mass is 405 g/mol. The van der Waals surface area contributed by atoms with Crippen LogP contribution in [0.15, 0.2) is 72.8 Å². The van der Waals surface area contributed by atoms with Gasteiger partial charge in [-0.2, -0.15) is 0 Å². The molecule has 0 unspecified atom stereocenters. The number of rotatable bonds is 6. The lowest BCUT2D eigenvalue weighted by atomic mass is 10.1. The van der Waals surface area contributed by atoms with Crippen LogP contribution in [0.1, 0.15) is 12.5 Å². The fourth-order valence-electron chi connectivity index (χ4n) is 2.68. The van der Waals surface area contributed by atoms with E-state index in [2.05, 4.69) is 10.9 Å². The van der Waals surface area contributed by atoms with E-state index in [1.165, 1.54) is 24.3 Å². The number of hydrazine groups is 1. The fourth-order valence-corrected chi connectivity index (χ4v) is 2.68. The number of fused-ring (bicyclic) bond motifs is 1. The zero-order valence-electron chi connectivity index (χ0n) is 16.1. The molecule has 0 aliphatic rings. The zero-order valence-corrected chi connectivity index (χ0v) is 16.1. The summed E-state index contributed by atoms with van der Waals surface area (Å²) in [6, 6.07) is 19.1. The van der Waals surface area contributed by atoms with E-state index in [0.29, 0.717) is 11.3 Å². The number of nitro benzene ring substituents is 1. The van der Waals surface area contributed by atoms with E-state index >= 15 is 0 Å². The number of carbonyl (C=O) groups excluding carboxylic acids is 2. The molecule has 0 spiro atoms. The molecule has 1 atom stereocenters. The zero-order chi connectivity index (χ0) is 21.5.